The van der Waals surface area contributed by atoms with Gasteiger partial charge in [-0.1, -0.05) is 36.4 Å². The van der Waals surface area contributed by atoms with E-state index in [1.165, 1.54) is 0 Å². The number of benzene rings is 3. The predicted molar refractivity (Wildman–Crippen MR) is 108 cm³/mol. The van der Waals surface area contributed by atoms with Crippen LogP contribution in [0.25, 0.3) is 0 Å². The van der Waals surface area contributed by atoms with E-state index >= 15 is 0 Å². The molecule has 0 aliphatic rings. The highest BCUT2D eigenvalue weighted by Crippen LogP contribution is 2.22. The molecule has 0 aliphatic heterocycles. The quantitative estimate of drug-likeness (QED) is 0.352. The number of ether oxygens (including phenoxy) is 2. The Labute approximate surface area is 164 Å². The molecule has 0 unspecified atom stereocenters. The first-order valence-electron chi connectivity index (χ1n) is 9.05. The van der Waals surface area contributed by atoms with Crippen molar-refractivity contribution < 1.29 is 19.1 Å². The molecule has 3 rings (SSSR count). The molecule has 0 N–H and O–H groups in total. The zero-order valence-electron chi connectivity index (χ0n) is 16.2. The molecule has 0 aliphatic carbocycles. The van der Waals surface area contributed by atoms with Crippen LogP contribution >= 0.6 is 0 Å². The van der Waals surface area contributed by atoms with Crippen LogP contribution in [0.1, 0.15) is 32.6 Å². The van der Waals surface area contributed by atoms with Gasteiger partial charge in [-0.15, -0.1) is 0 Å². The summed E-state index contributed by atoms with van der Waals surface area (Å²) in [6.45, 7) is 5.62. The average molecular weight is 374 g/mol. The van der Waals surface area contributed by atoms with Crippen LogP contribution in [0.3, 0.4) is 0 Å². The first-order chi connectivity index (χ1) is 13.4. The van der Waals surface area contributed by atoms with Gasteiger partial charge in [0.1, 0.15) is 11.5 Å². The van der Waals surface area contributed by atoms with Gasteiger partial charge in [-0.25, -0.2) is 4.79 Å². The molecule has 3 aromatic carbocycles. The fraction of sp³-hybridized carbons (Fsp3) is 0.167. The molecule has 142 valence electrons. The molecule has 0 radical (unpaired) electrons. The molecular formula is C24H22O4. The lowest BCUT2D eigenvalue weighted by Gasteiger charge is -2.11. The number of hydrogen-bond donors (Lipinski definition) is 0. The largest absolute Gasteiger partial charge is 0.482 e. The van der Waals surface area contributed by atoms with Crippen LogP contribution in [0.2, 0.25) is 0 Å². The maximum absolute atomic E-state index is 12.5. The lowest BCUT2D eigenvalue weighted by molar-refractivity contribution is -0.136. The minimum absolute atomic E-state index is 0.0698. The van der Waals surface area contributed by atoms with Crippen molar-refractivity contribution in [2.45, 2.75) is 20.8 Å². The van der Waals surface area contributed by atoms with Crippen LogP contribution in [0.4, 0.5) is 0 Å². The highest BCUT2D eigenvalue weighted by Gasteiger charge is 2.13. The van der Waals surface area contributed by atoms with Gasteiger partial charge in [-0.05, 0) is 67.8 Å². The summed E-state index contributed by atoms with van der Waals surface area (Å²) in [5.74, 6) is 0.474. The van der Waals surface area contributed by atoms with Crippen LogP contribution in [0, 0.1) is 20.8 Å². The third-order valence-corrected chi connectivity index (χ3v) is 4.53. The lowest BCUT2D eigenvalue weighted by Crippen LogP contribution is -2.18. The van der Waals surface area contributed by atoms with Gasteiger partial charge in [0.15, 0.2) is 12.4 Å². The van der Waals surface area contributed by atoms with Crippen molar-refractivity contribution in [2.75, 3.05) is 6.61 Å². The Morgan fingerprint density at radius 2 is 1.50 bits per heavy atom. The Kier molecular flexibility index (Phi) is 5.90. The van der Waals surface area contributed by atoms with E-state index in [4.69, 9.17) is 9.47 Å². The molecule has 3 aromatic rings. The number of carbonyl (C=O) groups is 2. The fourth-order valence-corrected chi connectivity index (χ4v) is 2.76. The van der Waals surface area contributed by atoms with E-state index in [-0.39, 0.29) is 12.4 Å². The average Bonchev–Trinajstić information content (AvgIpc) is 2.70. The van der Waals surface area contributed by atoms with E-state index in [2.05, 4.69) is 0 Å². The second kappa shape index (κ2) is 8.53. The molecule has 28 heavy (non-hydrogen) atoms. The summed E-state index contributed by atoms with van der Waals surface area (Å²) < 4.78 is 10.9. The summed E-state index contributed by atoms with van der Waals surface area (Å²) in [5, 5.41) is 0. The topological polar surface area (TPSA) is 52.6 Å². The summed E-state index contributed by atoms with van der Waals surface area (Å²) in [5.41, 5.74) is 4.14. The van der Waals surface area contributed by atoms with Gasteiger partial charge in [0.2, 0.25) is 0 Å². The minimum atomic E-state index is -0.497. The second-order valence-corrected chi connectivity index (χ2v) is 6.68. The first-order valence-corrected chi connectivity index (χ1v) is 9.05. The Morgan fingerprint density at radius 1 is 0.750 bits per heavy atom. The van der Waals surface area contributed by atoms with Gasteiger partial charge in [-0.3, -0.25) is 4.79 Å². The van der Waals surface area contributed by atoms with Gasteiger partial charge in [0.25, 0.3) is 0 Å². The SMILES string of the molecule is Cc1ccc(OCC(=O)Oc2ccc(C(=O)c3ccccc3)cc2C)cc1C. The van der Waals surface area contributed by atoms with E-state index < -0.39 is 5.97 Å². The molecule has 0 aromatic heterocycles. The molecule has 0 saturated heterocycles. The van der Waals surface area contributed by atoms with Crippen molar-refractivity contribution in [3.05, 3.63) is 94.5 Å². The number of esters is 1. The number of aryl methyl sites for hydroxylation is 3. The van der Waals surface area contributed by atoms with Gasteiger partial charge in [0.05, 0.1) is 0 Å². The number of rotatable bonds is 6. The van der Waals surface area contributed by atoms with Crippen LogP contribution < -0.4 is 9.47 Å². The third kappa shape index (κ3) is 4.65. The number of hydrogen-bond acceptors (Lipinski definition) is 4. The number of ketones is 1. The molecule has 0 fully saturated rings. The first kappa shape index (κ1) is 19.4. The van der Waals surface area contributed by atoms with E-state index in [1.807, 2.05) is 50.2 Å². The normalized spacial score (nSPS) is 10.4. The summed E-state index contributed by atoms with van der Waals surface area (Å²) >= 11 is 0. The van der Waals surface area contributed by atoms with Gasteiger partial charge >= 0.3 is 5.97 Å². The van der Waals surface area contributed by atoms with Crippen molar-refractivity contribution in [2.24, 2.45) is 0 Å². The van der Waals surface area contributed by atoms with Gasteiger partial charge < -0.3 is 9.47 Å². The Morgan fingerprint density at radius 3 is 2.18 bits per heavy atom. The molecule has 0 bridgehead atoms. The highest BCUT2D eigenvalue weighted by molar-refractivity contribution is 6.09. The molecule has 0 saturated carbocycles. The molecule has 0 atom stereocenters. The maximum Gasteiger partial charge on any atom is 0.349 e. The minimum Gasteiger partial charge on any atom is -0.482 e. The van der Waals surface area contributed by atoms with Gasteiger partial charge in [-0.2, -0.15) is 0 Å². The summed E-state index contributed by atoms with van der Waals surface area (Å²) in [7, 11) is 0. The van der Waals surface area contributed by atoms with Crippen molar-refractivity contribution >= 4 is 11.8 Å². The van der Waals surface area contributed by atoms with Crippen molar-refractivity contribution in [1.29, 1.82) is 0 Å². The molecule has 4 heteroatoms. The Bertz CT molecular complexity index is 1010. The van der Waals surface area contributed by atoms with E-state index in [9.17, 15) is 9.59 Å². The summed E-state index contributed by atoms with van der Waals surface area (Å²) in [6.07, 6.45) is 0. The highest BCUT2D eigenvalue weighted by atomic mass is 16.6. The van der Waals surface area contributed by atoms with Crippen molar-refractivity contribution in [1.82, 2.24) is 0 Å². The summed E-state index contributed by atoms with van der Waals surface area (Å²) in [6, 6.07) is 19.7. The zero-order valence-corrected chi connectivity index (χ0v) is 16.2. The predicted octanol–water partition coefficient (Wildman–Crippen LogP) is 4.83. The van der Waals surface area contributed by atoms with Crippen LogP contribution in [0.15, 0.2) is 66.7 Å². The molecule has 0 amide bonds. The van der Waals surface area contributed by atoms with Gasteiger partial charge in [0, 0.05) is 11.1 Å². The second-order valence-electron chi connectivity index (χ2n) is 6.68. The Hall–Kier alpha value is -3.40. The van der Waals surface area contributed by atoms with E-state index in [0.29, 0.717) is 28.2 Å². The monoisotopic (exact) mass is 374 g/mol. The van der Waals surface area contributed by atoms with Crippen LogP contribution in [-0.4, -0.2) is 18.4 Å². The van der Waals surface area contributed by atoms with Crippen molar-refractivity contribution in [3.63, 3.8) is 0 Å². The van der Waals surface area contributed by atoms with E-state index in [0.717, 1.165) is 11.1 Å². The molecule has 0 heterocycles. The summed E-state index contributed by atoms with van der Waals surface area (Å²) in [4.78, 5) is 24.6. The van der Waals surface area contributed by atoms with Crippen LogP contribution in [0.5, 0.6) is 11.5 Å². The molecule has 4 nitrogen and oxygen atoms in total. The Balaban J connectivity index is 1.63. The van der Waals surface area contributed by atoms with Crippen LogP contribution in [-0.2, 0) is 4.79 Å². The fourth-order valence-electron chi connectivity index (χ4n) is 2.76. The van der Waals surface area contributed by atoms with Crippen molar-refractivity contribution in [3.8, 4) is 11.5 Å². The molecular weight excluding hydrogens is 352 g/mol. The standard InChI is InChI=1S/C24H22O4/c1-16-9-11-21(14-17(16)2)27-15-23(25)28-22-12-10-20(13-18(22)3)24(26)19-7-5-4-6-8-19/h4-14H,15H2,1-3H3. The van der Waals surface area contributed by atoms with E-state index in [1.54, 1.807) is 37.3 Å². The lowest BCUT2D eigenvalue weighted by atomic mass is 10.0. The maximum atomic E-state index is 12.5. The third-order valence-electron chi connectivity index (χ3n) is 4.53. The number of carbonyl (C=O) groups excluding carboxylic acids is 2. The smallest absolute Gasteiger partial charge is 0.349 e. The molecule has 0 spiro atoms. The zero-order chi connectivity index (χ0) is 20.1.